The zero-order chi connectivity index (χ0) is 24.1. The number of anilines is 1. The predicted molar refractivity (Wildman–Crippen MR) is 134 cm³/mol. The standard InChI is InChI=1S/C26H27F3N2OS2/c1-19-17-23(24(32)20-7-3-2-4-8-20)25(34-19)33-16-6-11-30-12-14-31(15-13-30)22-10-5-9-21(18-22)26(27,28)29/h2-5,7-10,17-18H,6,11-16H2,1H3. The van der Waals surface area contributed by atoms with Crippen molar-refractivity contribution in [2.45, 2.75) is 23.7 Å². The molecule has 3 nitrogen and oxygen atoms in total. The number of halogens is 3. The van der Waals surface area contributed by atoms with E-state index < -0.39 is 11.7 Å². The minimum atomic E-state index is -4.32. The Balaban J connectivity index is 1.25. The molecule has 0 N–H and O–H groups in total. The highest BCUT2D eigenvalue weighted by atomic mass is 32.2. The van der Waals surface area contributed by atoms with Crippen LogP contribution in [-0.2, 0) is 6.18 Å². The summed E-state index contributed by atoms with van der Waals surface area (Å²) in [5.74, 6) is 0.987. The van der Waals surface area contributed by atoms with E-state index in [0.717, 1.165) is 52.5 Å². The maximum Gasteiger partial charge on any atom is 0.416 e. The summed E-state index contributed by atoms with van der Waals surface area (Å²) in [6.45, 7) is 6.06. The van der Waals surface area contributed by atoms with Crippen LogP contribution in [0.2, 0.25) is 0 Å². The van der Waals surface area contributed by atoms with Gasteiger partial charge in [-0.15, -0.1) is 23.1 Å². The van der Waals surface area contributed by atoms with E-state index in [1.165, 1.54) is 12.1 Å². The molecule has 0 aliphatic carbocycles. The molecule has 8 heteroatoms. The van der Waals surface area contributed by atoms with Crippen LogP contribution in [0.25, 0.3) is 0 Å². The SMILES string of the molecule is Cc1cc(C(=O)c2ccccc2)c(SCCCN2CCN(c3cccc(C(F)(F)F)c3)CC2)s1. The molecule has 3 aromatic rings. The third kappa shape index (κ3) is 6.23. The number of alkyl halides is 3. The highest BCUT2D eigenvalue weighted by molar-refractivity contribution is 8.01. The number of thiophene rings is 1. The van der Waals surface area contributed by atoms with E-state index in [4.69, 9.17) is 0 Å². The van der Waals surface area contributed by atoms with Crippen molar-refractivity contribution in [1.82, 2.24) is 4.90 Å². The number of rotatable bonds is 8. The van der Waals surface area contributed by atoms with Gasteiger partial charge in [0, 0.05) is 53.6 Å². The van der Waals surface area contributed by atoms with E-state index in [2.05, 4.69) is 4.90 Å². The van der Waals surface area contributed by atoms with Gasteiger partial charge >= 0.3 is 6.18 Å². The van der Waals surface area contributed by atoms with Crippen LogP contribution in [0.5, 0.6) is 0 Å². The number of benzene rings is 2. The average Bonchev–Trinajstić information content (AvgIpc) is 3.22. The van der Waals surface area contributed by atoms with Gasteiger partial charge in [-0.05, 0) is 44.2 Å². The average molecular weight is 505 g/mol. The Morgan fingerprint density at radius 3 is 2.44 bits per heavy atom. The van der Waals surface area contributed by atoms with Crippen LogP contribution in [-0.4, -0.2) is 49.2 Å². The highest BCUT2D eigenvalue weighted by Gasteiger charge is 2.31. The van der Waals surface area contributed by atoms with Crippen molar-refractivity contribution in [3.8, 4) is 0 Å². The molecule has 0 saturated carbocycles. The van der Waals surface area contributed by atoms with E-state index in [1.54, 1.807) is 29.2 Å². The molecule has 1 aromatic heterocycles. The van der Waals surface area contributed by atoms with Crippen molar-refractivity contribution in [1.29, 1.82) is 0 Å². The Bertz CT molecular complexity index is 1110. The number of piperazine rings is 1. The molecule has 0 unspecified atom stereocenters. The van der Waals surface area contributed by atoms with Crippen LogP contribution < -0.4 is 4.90 Å². The zero-order valence-electron chi connectivity index (χ0n) is 19.0. The molecule has 2 aromatic carbocycles. The summed E-state index contributed by atoms with van der Waals surface area (Å²) in [4.78, 5) is 18.4. The molecule has 4 rings (SSSR count). The fourth-order valence-corrected chi connectivity index (χ4v) is 6.44. The molecule has 180 valence electrons. The van der Waals surface area contributed by atoms with Crippen LogP contribution in [0.1, 0.15) is 32.8 Å². The van der Waals surface area contributed by atoms with Crippen molar-refractivity contribution < 1.29 is 18.0 Å². The lowest BCUT2D eigenvalue weighted by Gasteiger charge is -2.36. The highest BCUT2D eigenvalue weighted by Crippen LogP contribution is 2.34. The first-order valence-corrected chi connectivity index (χ1v) is 13.1. The van der Waals surface area contributed by atoms with Gasteiger partial charge in [-0.2, -0.15) is 13.2 Å². The Morgan fingerprint density at radius 1 is 1.00 bits per heavy atom. The number of hydrogen-bond acceptors (Lipinski definition) is 5. The minimum absolute atomic E-state index is 0.0677. The molecular weight excluding hydrogens is 477 g/mol. The van der Waals surface area contributed by atoms with Gasteiger partial charge < -0.3 is 4.90 Å². The second-order valence-electron chi connectivity index (χ2n) is 8.33. The number of thioether (sulfide) groups is 1. The Morgan fingerprint density at radius 2 is 1.74 bits per heavy atom. The molecule has 0 atom stereocenters. The second-order valence-corrected chi connectivity index (χ2v) is 11.0. The van der Waals surface area contributed by atoms with Crippen molar-refractivity contribution >= 4 is 34.6 Å². The molecule has 1 fully saturated rings. The smallest absolute Gasteiger partial charge is 0.369 e. The maximum absolute atomic E-state index is 13.0. The van der Waals surface area contributed by atoms with Gasteiger partial charge in [0.25, 0.3) is 0 Å². The van der Waals surface area contributed by atoms with Gasteiger partial charge in [-0.3, -0.25) is 9.69 Å². The topological polar surface area (TPSA) is 23.6 Å². The van der Waals surface area contributed by atoms with Crippen LogP contribution in [0.4, 0.5) is 18.9 Å². The Kier molecular flexibility index (Phi) is 8.01. The predicted octanol–water partition coefficient (Wildman–Crippen LogP) is 6.61. The molecule has 34 heavy (non-hydrogen) atoms. The fraction of sp³-hybridized carbons (Fsp3) is 0.346. The van der Waals surface area contributed by atoms with Crippen LogP contribution in [0, 0.1) is 6.92 Å². The summed E-state index contributed by atoms with van der Waals surface area (Å²) in [6.07, 6.45) is -3.33. The van der Waals surface area contributed by atoms with E-state index in [-0.39, 0.29) is 5.78 Å². The largest absolute Gasteiger partial charge is 0.416 e. The number of nitrogens with zero attached hydrogens (tertiary/aromatic N) is 2. The first-order valence-electron chi connectivity index (χ1n) is 11.3. The molecule has 0 spiro atoms. The molecule has 1 saturated heterocycles. The number of hydrogen-bond donors (Lipinski definition) is 0. The van der Waals surface area contributed by atoms with Crippen LogP contribution in [0.3, 0.4) is 0 Å². The van der Waals surface area contributed by atoms with Gasteiger partial charge in [0.2, 0.25) is 0 Å². The Labute approximate surface area is 206 Å². The van der Waals surface area contributed by atoms with Crippen molar-refractivity contribution in [2.24, 2.45) is 0 Å². The molecule has 0 amide bonds. The van der Waals surface area contributed by atoms with E-state index in [1.807, 2.05) is 48.2 Å². The lowest BCUT2D eigenvalue weighted by Crippen LogP contribution is -2.46. The summed E-state index contributed by atoms with van der Waals surface area (Å²) >= 11 is 3.40. The summed E-state index contributed by atoms with van der Waals surface area (Å²) in [5, 5.41) is 0. The van der Waals surface area contributed by atoms with Crippen molar-refractivity contribution in [3.05, 3.63) is 82.2 Å². The summed E-state index contributed by atoms with van der Waals surface area (Å²) in [5.41, 5.74) is 1.53. The number of carbonyl (C=O) groups is 1. The van der Waals surface area contributed by atoms with Crippen molar-refractivity contribution in [3.63, 3.8) is 0 Å². The molecule has 0 bridgehead atoms. The first-order chi connectivity index (χ1) is 16.3. The normalized spacial score (nSPS) is 15.0. The molecule has 1 aliphatic rings. The maximum atomic E-state index is 13.0. The quantitative estimate of drug-likeness (QED) is 0.196. The van der Waals surface area contributed by atoms with E-state index in [0.29, 0.717) is 24.3 Å². The van der Waals surface area contributed by atoms with Gasteiger partial charge in [0.15, 0.2) is 5.78 Å². The third-order valence-corrected chi connectivity index (χ3v) is 8.29. The third-order valence-electron chi connectivity index (χ3n) is 5.86. The summed E-state index contributed by atoms with van der Waals surface area (Å²) < 4.78 is 40.1. The number of ketones is 1. The van der Waals surface area contributed by atoms with Crippen LogP contribution >= 0.6 is 23.1 Å². The van der Waals surface area contributed by atoms with Gasteiger partial charge in [0.05, 0.1) is 9.77 Å². The minimum Gasteiger partial charge on any atom is -0.369 e. The molecular formula is C26H27F3N2OS2. The second kappa shape index (κ2) is 11.0. The number of carbonyl (C=O) groups excluding carboxylic acids is 1. The van der Waals surface area contributed by atoms with Crippen molar-refractivity contribution in [2.75, 3.05) is 43.4 Å². The van der Waals surface area contributed by atoms with Crippen LogP contribution in [0.15, 0.2) is 64.9 Å². The van der Waals surface area contributed by atoms with E-state index in [9.17, 15) is 18.0 Å². The lowest BCUT2D eigenvalue weighted by molar-refractivity contribution is -0.137. The van der Waals surface area contributed by atoms with Gasteiger partial charge in [-0.25, -0.2) is 0 Å². The zero-order valence-corrected chi connectivity index (χ0v) is 20.6. The van der Waals surface area contributed by atoms with Gasteiger partial charge in [-0.1, -0.05) is 36.4 Å². The van der Waals surface area contributed by atoms with Gasteiger partial charge in [0.1, 0.15) is 0 Å². The summed E-state index contributed by atoms with van der Waals surface area (Å²) in [7, 11) is 0. The number of aryl methyl sites for hydroxylation is 1. The monoisotopic (exact) mass is 504 g/mol. The fourth-order valence-electron chi connectivity index (χ4n) is 4.06. The Hall–Kier alpha value is -2.29. The first kappa shape index (κ1) is 24.8. The molecule has 1 aliphatic heterocycles. The lowest BCUT2D eigenvalue weighted by atomic mass is 10.1. The van der Waals surface area contributed by atoms with E-state index >= 15 is 0 Å². The molecule has 0 radical (unpaired) electrons. The molecule has 2 heterocycles. The summed E-state index contributed by atoms with van der Waals surface area (Å²) in [6, 6.07) is 16.9.